The van der Waals surface area contributed by atoms with Crippen molar-refractivity contribution in [3.63, 3.8) is 0 Å². The van der Waals surface area contributed by atoms with Crippen molar-refractivity contribution in [2.24, 2.45) is 5.84 Å². The van der Waals surface area contributed by atoms with E-state index in [1.54, 1.807) is 0 Å². The van der Waals surface area contributed by atoms with Gasteiger partial charge in [0, 0.05) is 7.11 Å². The summed E-state index contributed by atoms with van der Waals surface area (Å²) in [6, 6.07) is 9.00. The smallest absolute Gasteiger partial charge is 0.0844 e. The van der Waals surface area contributed by atoms with Crippen molar-refractivity contribution in [3.05, 3.63) is 35.4 Å². The van der Waals surface area contributed by atoms with E-state index >= 15 is 0 Å². The standard InChI is InChI=1S/C15H22N2O/c1-18-15(7-4-8-15)14(17-16)10-12-9-11-5-2-3-6-13(11)12/h2-3,5-6,12,14,17H,4,7-10,16H2,1H3. The van der Waals surface area contributed by atoms with Crippen LogP contribution in [0.3, 0.4) is 0 Å². The van der Waals surface area contributed by atoms with Crippen molar-refractivity contribution >= 4 is 0 Å². The highest BCUT2D eigenvalue weighted by molar-refractivity contribution is 5.40. The van der Waals surface area contributed by atoms with Gasteiger partial charge in [-0.3, -0.25) is 11.3 Å². The van der Waals surface area contributed by atoms with E-state index in [1.807, 2.05) is 7.11 Å². The molecule has 18 heavy (non-hydrogen) atoms. The largest absolute Gasteiger partial charge is 0.377 e. The Bertz CT molecular complexity index is 423. The maximum atomic E-state index is 5.76. The molecule has 2 aliphatic carbocycles. The van der Waals surface area contributed by atoms with E-state index in [-0.39, 0.29) is 11.6 Å². The molecule has 3 N–H and O–H groups in total. The minimum Gasteiger partial charge on any atom is -0.377 e. The topological polar surface area (TPSA) is 47.3 Å². The van der Waals surface area contributed by atoms with Crippen molar-refractivity contribution < 1.29 is 4.74 Å². The van der Waals surface area contributed by atoms with Crippen LogP contribution in [0.4, 0.5) is 0 Å². The Hall–Kier alpha value is -0.900. The molecule has 1 fully saturated rings. The maximum absolute atomic E-state index is 5.76. The molecule has 1 aromatic rings. The highest BCUT2D eigenvalue weighted by atomic mass is 16.5. The van der Waals surface area contributed by atoms with Crippen molar-refractivity contribution in [3.8, 4) is 0 Å². The molecule has 0 radical (unpaired) electrons. The van der Waals surface area contributed by atoms with Crippen LogP contribution in [0, 0.1) is 0 Å². The van der Waals surface area contributed by atoms with Crippen LogP contribution >= 0.6 is 0 Å². The molecular formula is C15H22N2O. The molecule has 3 nitrogen and oxygen atoms in total. The molecule has 2 atom stereocenters. The number of benzene rings is 1. The van der Waals surface area contributed by atoms with Crippen molar-refractivity contribution in [1.82, 2.24) is 5.43 Å². The second kappa shape index (κ2) is 4.65. The number of hydrazine groups is 1. The van der Waals surface area contributed by atoms with Gasteiger partial charge >= 0.3 is 0 Å². The molecule has 0 heterocycles. The Morgan fingerprint density at radius 1 is 1.44 bits per heavy atom. The van der Waals surface area contributed by atoms with E-state index in [2.05, 4.69) is 29.7 Å². The number of hydrogen-bond acceptors (Lipinski definition) is 3. The van der Waals surface area contributed by atoms with E-state index in [0.29, 0.717) is 5.92 Å². The first-order valence-electron chi connectivity index (χ1n) is 6.88. The Labute approximate surface area is 109 Å². The predicted molar refractivity (Wildman–Crippen MR) is 72.2 cm³/mol. The van der Waals surface area contributed by atoms with Gasteiger partial charge in [-0.2, -0.15) is 0 Å². The lowest BCUT2D eigenvalue weighted by Gasteiger charge is -2.48. The summed E-state index contributed by atoms with van der Waals surface area (Å²) in [4.78, 5) is 0. The van der Waals surface area contributed by atoms with Gasteiger partial charge < -0.3 is 4.74 Å². The molecule has 0 bridgehead atoms. The number of hydrogen-bond donors (Lipinski definition) is 2. The summed E-state index contributed by atoms with van der Waals surface area (Å²) in [6.45, 7) is 0. The minimum atomic E-state index is -0.0146. The highest BCUT2D eigenvalue weighted by Gasteiger charge is 2.45. The summed E-state index contributed by atoms with van der Waals surface area (Å²) in [6.07, 6.45) is 5.79. The first-order chi connectivity index (χ1) is 8.79. The normalized spacial score (nSPS) is 25.8. The molecule has 2 unspecified atom stereocenters. The van der Waals surface area contributed by atoms with Crippen LogP contribution in [-0.2, 0) is 11.2 Å². The third kappa shape index (κ3) is 1.78. The number of methoxy groups -OCH3 is 1. The molecule has 0 aliphatic heterocycles. The molecule has 1 saturated carbocycles. The number of rotatable bonds is 5. The molecular weight excluding hydrogens is 224 g/mol. The zero-order valence-corrected chi connectivity index (χ0v) is 11.0. The zero-order valence-electron chi connectivity index (χ0n) is 11.0. The third-order valence-corrected chi connectivity index (χ3v) is 4.92. The second-order valence-corrected chi connectivity index (χ2v) is 5.68. The van der Waals surface area contributed by atoms with E-state index in [1.165, 1.54) is 24.0 Å². The van der Waals surface area contributed by atoms with E-state index < -0.39 is 0 Å². The lowest BCUT2D eigenvalue weighted by molar-refractivity contribution is -0.102. The highest BCUT2D eigenvalue weighted by Crippen LogP contribution is 2.44. The van der Waals surface area contributed by atoms with Gasteiger partial charge in [0.25, 0.3) is 0 Å². The summed E-state index contributed by atoms with van der Waals surface area (Å²) in [5.41, 5.74) is 5.99. The molecule has 1 aromatic carbocycles. The van der Waals surface area contributed by atoms with E-state index in [0.717, 1.165) is 19.3 Å². The fourth-order valence-corrected chi connectivity index (χ4v) is 3.51. The average Bonchev–Trinajstić information content (AvgIpc) is 2.32. The lowest BCUT2D eigenvalue weighted by Crippen LogP contribution is -2.59. The first kappa shape index (κ1) is 12.2. The van der Waals surface area contributed by atoms with Crippen LogP contribution in [-0.4, -0.2) is 18.8 Å². The molecule has 0 amide bonds. The van der Waals surface area contributed by atoms with Crippen LogP contribution in [0.5, 0.6) is 0 Å². The summed E-state index contributed by atoms with van der Waals surface area (Å²) in [5.74, 6) is 6.41. The predicted octanol–water partition coefficient (Wildman–Crippen LogP) is 2.12. The fourth-order valence-electron chi connectivity index (χ4n) is 3.51. The Balaban J connectivity index is 1.69. The number of fused-ring (bicyclic) bond motifs is 1. The third-order valence-electron chi connectivity index (χ3n) is 4.92. The van der Waals surface area contributed by atoms with Crippen molar-refractivity contribution in [2.75, 3.05) is 7.11 Å². The van der Waals surface area contributed by atoms with Gasteiger partial charge in [0.15, 0.2) is 0 Å². The summed E-state index contributed by atoms with van der Waals surface area (Å²) in [7, 11) is 1.82. The number of ether oxygens (including phenoxy) is 1. The molecule has 0 spiro atoms. The Kier molecular flexibility index (Phi) is 3.14. The maximum Gasteiger partial charge on any atom is 0.0844 e. The summed E-state index contributed by atoms with van der Waals surface area (Å²) >= 11 is 0. The molecule has 0 aromatic heterocycles. The monoisotopic (exact) mass is 246 g/mol. The molecule has 3 heteroatoms. The van der Waals surface area contributed by atoms with Gasteiger partial charge in [0.05, 0.1) is 11.6 Å². The Morgan fingerprint density at radius 3 is 2.78 bits per heavy atom. The van der Waals surface area contributed by atoms with Gasteiger partial charge in [-0.05, 0) is 49.1 Å². The van der Waals surface area contributed by atoms with E-state index in [4.69, 9.17) is 10.6 Å². The number of nitrogens with two attached hydrogens (primary N) is 1. The molecule has 98 valence electrons. The minimum absolute atomic E-state index is 0.0146. The van der Waals surface area contributed by atoms with Crippen LogP contribution in [0.25, 0.3) is 0 Å². The molecule has 3 rings (SSSR count). The first-order valence-corrected chi connectivity index (χ1v) is 6.88. The fraction of sp³-hybridized carbons (Fsp3) is 0.600. The van der Waals surface area contributed by atoms with Crippen molar-refractivity contribution in [2.45, 2.75) is 49.7 Å². The van der Waals surface area contributed by atoms with Gasteiger partial charge in [-0.1, -0.05) is 24.3 Å². The Morgan fingerprint density at radius 2 is 2.22 bits per heavy atom. The molecule has 0 saturated heterocycles. The molecule has 2 aliphatic rings. The lowest BCUT2D eigenvalue weighted by atomic mass is 9.67. The number of nitrogens with one attached hydrogen (secondary N) is 1. The van der Waals surface area contributed by atoms with Crippen LogP contribution in [0.1, 0.15) is 42.7 Å². The van der Waals surface area contributed by atoms with Crippen LogP contribution in [0.2, 0.25) is 0 Å². The van der Waals surface area contributed by atoms with Crippen LogP contribution < -0.4 is 11.3 Å². The quantitative estimate of drug-likeness (QED) is 0.618. The average molecular weight is 246 g/mol. The van der Waals surface area contributed by atoms with Gasteiger partial charge in [0.1, 0.15) is 0 Å². The summed E-state index contributed by atoms with van der Waals surface area (Å²) < 4.78 is 5.74. The van der Waals surface area contributed by atoms with Crippen molar-refractivity contribution in [1.29, 1.82) is 0 Å². The summed E-state index contributed by atoms with van der Waals surface area (Å²) in [5, 5.41) is 0. The van der Waals surface area contributed by atoms with Gasteiger partial charge in [0.2, 0.25) is 0 Å². The van der Waals surface area contributed by atoms with E-state index in [9.17, 15) is 0 Å². The van der Waals surface area contributed by atoms with Crippen LogP contribution in [0.15, 0.2) is 24.3 Å². The second-order valence-electron chi connectivity index (χ2n) is 5.68. The SMILES string of the molecule is COC1(C(CC2Cc3ccccc32)NN)CCC1. The van der Waals surface area contributed by atoms with Gasteiger partial charge in [-0.15, -0.1) is 0 Å². The van der Waals surface area contributed by atoms with Gasteiger partial charge in [-0.25, -0.2) is 0 Å². The zero-order chi connectivity index (χ0) is 12.6.